The fourth-order valence-corrected chi connectivity index (χ4v) is 0.167. The Morgan fingerprint density at radius 2 is 2.12 bits per heavy atom. The van der Waals surface area contributed by atoms with Crippen molar-refractivity contribution in [3.63, 3.8) is 0 Å². The van der Waals surface area contributed by atoms with E-state index in [1.54, 1.807) is 12.2 Å². The summed E-state index contributed by atoms with van der Waals surface area (Å²) in [6, 6.07) is 0. The topological polar surface area (TPSA) is 26.0 Å². The molecule has 41 valence electrons. The molecule has 0 bridgehead atoms. The van der Waals surface area contributed by atoms with E-state index in [0.29, 0.717) is 0 Å². The average Bonchev–Trinajstić information content (AvgIpc) is 1.69. The molecule has 0 saturated carbocycles. The molecule has 0 aromatic rings. The molecule has 0 aromatic heterocycles. The molecule has 0 unspecified atom stereocenters. The molecule has 0 aromatic carbocycles. The maximum atomic E-state index is 4.95. The van der Waals surface area contributed by atoms with Crippen molar-refractivity contribution < 1.29 is 32.7 Å². The molecule has 2 N–H and O–H groups in total. The van der Waals surface area contributed by atoms with Crippen LogP contribution in [0.1, 0.15) is 0 Å². The summed E-state index contributed by atoms with van der Waals surface area (Å²) in [5, 5.41) is 0. The summed E-state index contributed by atoms with van der Waals surface area (Å²) in [6.07, 6.45) is 8.60. The van der Waals surface area contributed by atoms with Gasteiger partial charge in [0, 0.05) is 32.7 Å². The Morgan fingerprint density at radius 3 is 2.50 bits per heavy atom. The molecule has 0 aliphatic rings. The molecule has 2 heteroatoms. The second-order valence-corrected chi connectivity index (χ2v) is 0.885. The van der Waals surface area contributed by atoms with E-state index in [0.717, 1.165) is 0 Å². The predicted octanol–water partition coefficient (Wildman–Crippen LogP) is 0.805. The molecule has 0 amide bonds. The minimum absolute atomic E-state index is 0. The number of hydrogen-bond acceptors (Lipinski definition) is 1. The maximum Gasteiger partial charge on any atom is 0 e. The average molecular weight is 182 g/mol. The summed E-state index contributed by atoms with van der Waals surface area (Å²) >= 11 is 0. The van der Waals surface area contributed by atoms with Gasteiger partial charge in [0.1, 0.15) is 0 Å². The molecular weight excluding hydrogens is 175 g/mol. The van der Waals surface area contributed by atoms with Crippen molar-refractivity contribution in [2.75, 3.05) is 0 Å². The molecule has 1 radical (unpaired) electrons. The van der Waals surface area contributed by atoms with E-state index >= 15 is 0 Å². The van der Waals surface area contributed by atoms with E-state index in [1.165, 1.54) is 12.3 Å². The van der Waals surface area contributed by atoms with Crippen LogP contribution in [0.5, 0.6) is 0 Å². The third kappa shape index (κ3) is 9.45. The van der Waals surface area contributed by atoms with Gasteiger partial charge in [0.15, 0.2) is 0 Å². The molecule has 8 heavy (non-hydrogen) atoms. The van der Waals surface area contributed by atoms with Crippen molar-refractivity contribution in [2.24, 2.45) is 5.73 Å². The van der Waals surface area contributed by atoms with Gasteiger partial charge in [0.25, 0.3) is 0 Å². The summed E-state index contributed by atoms with van der Waals surface area (Å²) in [5.74, 6) is 0. The van der Waals surface area contributed by atoms with Gasteiger partial charge in [-0.2, -0.15) is 6.08 Å². The second-order valence-electron chi connectivity index (χ2n) is 0.885. The van der Waals surface area contributed by atoms with Crippen LogP contribution < -0.4 is 5.73 Å². The van der Waals surface area contributed by atoms with Crippen LogP contribution in [-0.4, -0.2) is 0 Å². The zero-order chi connectivity index (χ0) is 5.54. The van der Waals surface area contributed by atoms with Crippen LogP contribution in [0.15, 0.2) is 24.4 Å². The van der Waals surface area contributed by atoms with Crippen molar-refractivity contribution in [2.45, 2.75) is 0 Å². The Hall–Kier alpha value is 0.124. The van der Waals surface area contributed by atoms with Crippen molar-refractivity contribution in [3.8, 4) is 0 Å². The number of allylic oxidation sites excluding steroid dienone is 4. The molecule has 0 rings (SSSR count). The summed E-state index contributed by atoms with van der Waals surface area (Å²) in [7, 11) is 0. The summed E-state index contributed by atoms with van der Waals surface area (Å²) in [6.45, 7) is 4.95. The van der Waals surface area contributed by atoms with E-state index in [4.69, 9.17) is 12.3 Å². The van der Waals surface area contributed by atoms with Crippen LogP contribution in [0.4, 0.5) is 0 Å². The Morgan fingerprint density at radius 1 is 1.50 bits per heavy atom. The quantitative estimate of drug-likeness (QED) is 0.496. The third-order valence-corrected chi connectivity index (χ3v) is 0.385. The van der Waals surface area contributed by atoms with Gasteiger partial charge in [-0.25, -0.2) is 0 Å². The number of nitrogens with two attached hydrogens (primary N) is 1. The van der Waals surface area contributed by atoms with Gasteiger partial charge in [-0.05, 0) is 0 Å². The van der Waals surface area contributed by atoms with Crippen molar-refractivity contribution in [1.29, 1.82) is 0 Å². The maximum absolute atomic E-state index is 4.95. The number of rotatable bonds is 2. The fraction of sp³-hybridized carbons (Fsp3) is 0. The van der Waals surface area contributed by atoms with Crippen molar-refractivity contribution >= 4 is 0 Å². The zero-order valence-electron chi connectivity index (χ0n) is 4.54. The predicted molar refractivity (Wildman–Crippen MR) is 30.0 cm³/mol. The van der Waals surface area contributed by atoms with Crippen LogP contribution in [0, 0.1) is 12.7 Å². The Balaban J connectivity index is 0. The van der Waals surface area contributed by atoms with E-state index in [9.17, 15) is 0 Å². The van der Waals surface area contributed by atoms with Crippen LogP contribution in [0.3, 0.4) is 0 Å². The van der Waals surface area contributed by atoms with Crippen LogP contribution in [0.2, 0.25) is 0 Å². The molecule has 0 heterocycles. The van der Waals surface area contributed by atoms with Crippen LogP contribution in [-0.2, 0) is 32.7 Å². The Bertz CT molecular complexity index is 94.7. The van der Waals surface area contributed by atoms with Gasteiger partial charge in [0.05, 0.1) is 0 Å². The van der Waals surface area contributed by atoms with Crippen LogP contribution in [0.25, 0.3) is 0 Å². The molecule has 0 spiro atoms. The Labute approximate surface area is 75.2 Å². The first-order chi connectivity index (χ1) is 3.41. The fourth-order valence-electron chi connectivity index (χ4n) is 0.167. The first-order valence-electron chi connectivity index (χ1n) is 1.91. The zero-order valence-corrected chi connectivity index (χ0v) is 7.38. The molecule has 0 atom stereocenters. The van der Waals surface area contributed by atoms with E-state index < -0.39 is 0 Å². The third-order valence-electron chi connectivity index (χ3n) is 0.385. The molecule has 0 fully saturated rings. The van der Waals surface area contributed by atoms with Crippen molar-refractivity contribution in [1.82, 2.24) is 0 Å². The molecule has 0 aliphatic carbocycles. The SMILES string of the molecule is [CH-]=CC=[C-]/C=C/N.[Y]. The van der Waals surface area contributed by atoms with Gasteiger partial charge in [0.2, 0.25) is 0 Å². The molecule has 0 aliphatic heterocycles. The monoisotopic (exact) mass is 182 g/mol. The van der Waals surface area contributed by atoms with Gasteiger partial charge in [-0.1, -0.05) is 0 Å². The normalized spacial score (nSPS) is 9.50. The minimum atomic E-state index is 0. The van der Waals surface area contributed by atoms with Gasteiger partial charge in [-0.3, -0.25) is 6.08 Å². The number of hydrogen-bond donors (Lipinski definition) is 1. The summed E-state index contributed by atoms with van der Waals surface area (Å²) < 4.78 is 0. The van der Waals surface area contributed by atoms with Gasteiger partial charge in [-0.15, -0.1) is 6.20 Å². The smallest absolute Gasteiger partial charge is 0 e. The first kappa shape index (κ1) is 11.0. The molecular formula is C6H7NY-2. The van der Waals surface area contributed by atoms with Gasteiger partial charge < -0.3 is 24.5 Å². The van der Waals surface area contributed by atoms with E-state index in [2.05, 4.69) is 6.08 Å². The van der Waals surface area contributed by atoms with Crippen LogP contribution >= 0.6 is 0 Å². The minimum Gasteiger partial charge on any atom is -0.455 e. The summed E-state index contributed by atoms with van der Waals surface area (Å²) in [4.78, 5) is 0. The largest absolute Gasteiger partial charge is 0.455 e. The molecule has 0 saturated heterocycles. The van der Waals surface area contributed by atoms with Gasteiger partial charge >= 0.3 is 0 Å². The first-order valence-corrected chi connectivity index (χ1v) is 1.91. The standard InChI is InChI=1S/C6H7N.Y/c1-2-3-4-5-6-7;/h1-3,5-6H,7H2;/q-2;/b6-5+;. The second kappa shape index (κ2) is 10.2. The van der Waals surface area contributed by atoms with Crippen molar-refractivity contribution in [3.05, 3.63) is 37.1 Å². The van der Waals surface area contributed by atoms with E-state index in [1.807, 2.05) is 0 Å². The summed E-state index contributed by atoms with van der Waals surface area (Å²) in [5.41, 5.74) is 4.95. The molecule has 1 nitrogen and oxygen atoms in total. The Kier molecular flexibility index (Phi) is 14.0. The van der Waals surface area contributed by atoms with E-state index in [-0.39, 0.29) is 32.7 Å².